The molecule has 0 aliphatic heterocycles. The first-order chi connectivity index (χ1) is 7.86. The molecule has 4 N–H and O–H groups in total. The molecule has 17 heavy (non-hydrogen) atoms. The Balaban J connectivity index is 0.00000144. The van der Waals surface area contributed by atoms with Crippen LogP contribution >= 0.6 is 0 Å². The van der Waals surface area contributed by atoms with Crippen LogP contribution in [0.3, 0.4) is 0 Å². The van der Waals surface area contributed by atoms with Crippen LogP contribution in [0.5, 0.6) is 0 Å². The standard InChI is InChI=1S/C13H14N2O.H2O/c16-12(11-6-2-1-3-7-11)10-15-13-8-4-5-9-14-13;/h1-9,12,16H,10H2,(H,14,15);1H2. The summed E-state index contributed by atoms with van der Waals surface area (Å²) in [5.41, 5.74) is 0.908. The summed E-state index contributed by atoms with van der Waals surface area (Å²) in [5, 5.41) is 13.0. The molecule has 0 saturated carbocycles. The van der Waals surface area contributed by atoms with Crippen molar-refractivity contribution in [3.63, 3.8) is 0 Å². The van der Waals surface area contributed by atoms with E-state index in [1.165, 1.54) is 0 Å². The maximum absolute atomic E-state index is 9.89. The van der Waals surface area contributed by atoms with Crippen LogP contribution in [0.2, 0.25) is 0 Å². The lowest BCUT2D eigenvalue weighted by molar-refractivity contribution is 0.191. The SMILES string of the molecule is O.OC(CNc1ccccn1)c1ccccc1. The van der Waals surface area contributed by atoms with Gasteiger partial charge in [0.25, 0.3) is 0 Å². The summed E-state index contributed by atoms with van der Waals surface area (Å²) in [6.07, 6.45) is 1.21. The second-order valence-electron chi connectivity index (χ2n) is 3.52. The third kappa shape index (κ3) is 3.86. The summed E-state index contributed by atoms with van der Waals surface area (Å²) in [7, 11) is 0. The van der Waals surface area contributed by atoms with Gasteiger partial charge in [-0.1, -0.05) is 36.4 Å². The van der Waals surface area contributed by atoms with E-state index in [9.17, 15) is 5.11 Å². The van der Waals surface area contributed by atoms with Gasteiger partial charge >= 0.3 is 0 Å². The number of hydrogen-bond donors (Lipinski definition) is 2. The van der Waals surface area contributed by atoms with Crippen molar-refractivity contribution < 1.29 is 10.6 Å². The van der Waals surface area contributed by atoms with Crippen LogP contribution in [0.25, 0.3) is 0 Å². The molecule has 1 atom stereocenters. The van der Waals surface area contributed by atoms with Crippen LogP contribution in [-0.4, -0.2) is 22.1 Å². The predicted molar refractivity (Wildman–Crippen MR) is 67.7 cm³/mol. The highest BCUT2D eigenvalue weighted by molar-refractivity contribution is 5.33. The maximum Gasteiger partial charge on any atom is 0.125 e. The van der Waals surface area contributed by atoms with Gasteiger partial charge in [0, 0.05) is 12.7 Å². The molecular weight excluding hydrogens is 216 g/mol. The van der Waals surface area contributed by atoms with Gasteiger partial charge in [-0.05, 0) is 17.7 Å². The Bertz CT molecular complexity index is 420. The largest absolute Gasteiger partial charge is 0.412 e. The minimum absolute atomic E-state index is 0. The van der Waals surface area contributed by atoms with Crippen LogP contribution < -0.4 is 5.32 Å². The summed E-state index contributed by atoms with van der Waals surface area (Å²) >= 11 is 0. The summed E-state index contributed by atoms with van der Waals surface area (Å²) in [5.74, 6) is 0.775. The third-order valence-electron chi connectivity index (χ3n) is 2.33. The van der Waals surface area contributed by atoms with Crippen LogP contribution in [0.15, 0.2) is 54.7 Å². The van der Waals surface area contributed by atoms with Crippen LogP contribution in [0, 0.1) is 0 Å². The topological polar surface area (TPSA) is 76.7 Å². The molecule has 4 nitrogen and oxygen atoms in total. The summed E-state index contributed by atoms with van der Waals surface area (Å²) in [6.45, 7) is 0.459. The lowest BCUT2D eigenvalue weighted by Crippen LogP contribution is -2.12. The summed E-state index contributed by atoms with van der Waals surface area (Å²) < 4.78 is 0. The number of aliphatic hydroxyl groups is 1. The molecule has 1 heterocycles. The average molecular weight is 232 g/mol. The number of nitrogens with zero attached hydrogens (tertiary/aromatic N) is 1. The molecule has 4 heteroatoms. The van der Waals surface area contributed by atoms with Crippen molar-refractivity contribution >= 4 is 5.82 Å². The van der Waals surface area contributed by atoms with Gasteiger partial charge in [0.05, 0.1) is 6.10 Å². The first kappa shape index (κ1) is 13.2. The molecule has 1 unspecified atom stereocenters. The highest BCUT2D eigenvalue weighted by Gasteiger charge is 2.05. The molecule has 2 aromatic rings. The fourth-order valence-electron chi connectivity index (χ4n) is 1.46. The minimum atomic E-state index is -0.511. The van der Waals surface area contributed by atoms with Crippen molar-refractivity contribution in [1.29, 1.82) is 0 Å². The van der Waals surface area contributed by atoms with Gasteiger partial charge in [-0.2, -0.15) is 0 Å². The lowest BCUT2D eigenvalue weighted by atomic mass is 10.1. The smallest absolute Gasteiger partial charge is 0.125 e. The van der Waals surface area contributed by atoms with E-state index in [4.69, 9.17) is 0 Å². The van der Waals surface area contributed by atoms with E-state index >= 15 is 0 Å². The number of hydrogen-bond acceptors (Lipinski definition) is 3. The minimum Gasteiger partial charge on any atom is -0.412 e. The van der Waals surface area contributed by atoms with Gasteiger partial charge in [-0.3, -0.25) is 0 Å². The number of anilines is 1. The predicted octanol–water partition coefficient (Wildman–Crippen LogP) is 1.40. The first-order valence-corrected chi connectivity index (χ1v) is 5.24. The highest BCUT2D eigenvalue weighted by Crippen LogP contribution is 2.12. The Hall–Kier alpha value is -1.91. The van der Waals surface area contributed by atoms with E-state index in [1.54, 1.807) is 6.20 Å². The molecule has 0 fully saturated rings. The molecule has 0 aliphatic rings. The van der Waals surface area contributed by atoms with Crippen molar-refractivity contribution in [2.45, 2.75) is 6.10 Å². The molecule has 1 aromatic carbocycles. The Labute approximate surface area is 100 Å². The van der Waals surface area contributed by atoms with Gasteiger partial charge in [0.15, 0.2) is 0 Å². The monoisotopic (exact) mass is 232 g/mol. The zero-order chi connectivity index (χ0) is 11.2. The van der Waals surface area contributed by atoms with E-state index in [-0.39, 0.29) is 5.48 Å². The molecule has 90 valence electrons. The fraction of sp³-hybridized carbons (Fsp3) is 0.154. The number of rotatable bonds is 4. The second kappa shape index (κ2) is 6.62. The number of aromatic nitrogens is 1. The summed E-state index contributed by atoms with van der Waals surface area (Å²) in [4.78, 5) is 4.12. The Kier molecular flexibility index (Phi) is 5.13. The number of aliphatic hydroxyl groups excluding tert-OH is 1. The molecule has 0 saturated heterocycles. The fourth-order valence-corrected chi connectivity index (χ4v) is 1.46. The van der Waals surface area contributed by atoms with Crippen LogP contribution in [-0.2, 0) is 0 Å². The molecular formula is C13H16N2O2. The van der Waals surface area contributed by atoms with Gasteiger partial charge < -0.3 is 15.9 Å². The van der Waals surface area contributed by atoms with Crippen molar-refractivity contribution in [3.05, 3.63) is 60.3 Å². The van der Waals surface area contributed by atoms with Gasteiger partial charge in [-0.15, -0.1) is 0 Å². The lowest BCUT2D eigenvalue weighted by Gasteiger charge is -2.12. The van der Waals surface area contributed by atoms with Crippen molar-refractivity contribution in [1.82, 2.24) is 4.98 Å². The summed E-state index contributed by atoms with van der Waals surface area (Å²) in [6, 6.07) is 15.2. The van der Waals surface area contributed by atoms with Crippen LogP contribution in [0.1, 0.15) is 11.7 Å². The van der Waals surface area contributed by atoms with Gasteiger partial charge in [0.1, 0.15) is 5.82 Å². The van der Waals surface area contributed by atoms with E-state index < -0.39 is 6.10 Å². The molecule has 0 radical (unpaired) electrons. The zero-order valence-corrected chi connectivity index (χ0v) is 9.38. The van der Waals surface area contributed by atoms with Gasteiger partial charge in [-0.25, -0.2) is 4.98 Å². The van der Waals surface area contributed by atoms with E-state index in [1.807, 2.05) is 48.5 Å². The Morgan fingerprint density at radius 3 is 2.41 bits per heavy atom. The van der Waals surface area contributed by atoms with E-state index in [2.05, 4.69) is 10.3 Å². The zero-order valence-electron chi connectivity index (χ0n) is 9.38. The maximum atomic E-state index is 9.89. The number of nitrogens with one attached hydrogen (secondary N) is 1. The van der Waals surface area contributed by atoms with Crippen molar-refractivity contribution in [3.8, 4) is 0 Å². The van der Waals surface area contributed by atoms with E-state index in [0.29, 0.717) is 6.54 Å². The quantitative estimate of drug-likeness (QED) is 0.836. The number of pyridine rings is 1. The molecule has 1 aromatic heterocycles. The highest BCUT2D eigenvalue weighted by atomic mass is 16.3. The molecule has 0 spiro atoms. The Morgan fingerprint density at radius 2 is 1.76 bits per heavy atom. The van der Waals surface area contributed by atoms with Crippen molar-refractivity contribution in [2.75, 3.05) is 11.9 Å². The van der Waals surface area contributed by atoms with Crippen LogP contribution in [0.4, 0.5) is 5.82 Å². The molecule has 0 bridgehead atoms. The molecule has 2 rings (SSSR count). The second-order valence-corrected chi connectivity index (χ2v) is 3.52. The average Bonchev–Trinajstić information content (AvgIpc) is 2.38. The van der Waals surface area contributed by atoms with Crippen molar-refractivity contribution in [2.24, 2.45) is 0 Å². The molecule has 0 aliphatic carbocycles. The van der Waals surface area contributed by atoms with Gasteiger partial charge in [0.2, 0.25) is 0 Å². The van der Waals surface area contributed by atoms with E-state index in [0.717, 1.165) is 11.4 Å². The first-order valence-electron chi connectivity index (χ1n) is 5.24. The number of benzene rings is 1. The Morgan fingerprint density at radius 1 is 1.06 bits per heavy atom. The normalized spacial score (nSPS) is 11.4. The molecule has 0 amide bonds. The third-order valence-corrected chi connectivity index (χ3v) is 2.33.